The van der Waals surface area contributed by atoms with Crippen LogP contribution < -0.4 is 4.74 Å². The average Bonchev–Trinajstić information content (AvgIpc) is 3.06. The third-order valence-corrected chi connectivity index (χ3v) is 4.81. The summed E-state index contributed by atoms with van der Waals surface area (Å²) >= 11 is 0. The summed E-state index contributed by atoms with van der Waals surface area (Å²) in [7, 11) is 0. The fraction of sp³-hybridized carbons (Fsp3) is 0.192. The van der Waals surface area contributed by atoms with Gasteiger partial charge in [0.25, 0.3) is 0 Å². The first-order valence-corrected chi connectivity index (χ1v) is 9.63. The SMILES string of the molecule is CC(C)(C)Oc1cccc(C(=O)C2=C(c3ccccc3)c3ccccc3C2)c1. The van der Waals surface area contributed by atoms with Crippen LogP contribution in [0.4, 0.5) is 0 Å². The molecule has 0 atom stereocenters. The van der Waals surface area contributed by atoms with Gasteiger partial charge in [0, 0.05) is 17.6 Å². The molecule has 0 unspecified atom stereocenters. The summed E-state index contributed by atoms with van der Waals surface area (Å²) in [6.45, 7) is 6.02. The van der Waals surface area contributed by atoms with Crippen LogP contribution >= 0.6 is 0 Å². The van der Waals surface area contributed by atoms with Crippen LogP contribution in [0, 0.1) is 0 Å². The van der Waals surface area contributed by atoms with Gasteiger partial charge in [-0.1, -0.05) is 66.7 Å². The summed E-state index contributed by atoms with van der Waals surface area (Å²) in [5.41, 5.74) is 5.69. The Morgan fingerprint density at radius 1 is 0.857 bits per heavy atom. The molecule has 2 nitrogen and oxygen atoms in total. The summed E-state index contributed by atoms with van der Waals surface area (Å²) in [5, 5.41) is 0. The minimum absolute atomic E-state index is 0.0643. The van der Waals surface area contributed by atoms with Gasteiger partial charge in [0.1, 0.15) is 11.4 Å². The van der Waals surface area contributed by atoms with Crippen LogP contribution in [0.3, 0.4) is 0 Å². The van der Waals surface area contributed by atoms with Crippen LogP contribution in [0.25, 0.3) is 5.57 Å². The highest BCUT2D eigenvalue weighted by atomic mass is 16.5. The molecule has 140 valence electrons. The van der Waals surface area contributed by atoms with E-state index in [4.69, 9.17) is 4.74 Å². The van der Waals surface area contributed by atoms with Gasteiger partial charge in [-0.05, 0) is 55.2 Å². The molecule has 3 aromatic carbocycles. The van der Waals surface area contributed by atoms with Gasteiger partial charge in [-0.2, -0.15) is 0 Å². The summed E-state index contributed by atoms with van der Waals surface area (Å²) in [6, 6.07) is 26.0. The number of allylic oxidation sites excluding steroid dienone is 1. The van der Waals surface area contributed by atoms with Gasteiger partial charge in [-0.15, -0.1) is 0 Å². The smallest absolute Gasteiger partial charge is 0.190 e. The first-order valence-electron chi connectivity index (χ1n) is 9.63. The second-order valence-electron chi connectivity index (χ2n) is 8.12. The van der Waals surface area contributed by atoms with Gasteiger partial charge >= 0.3 is 0 Å². The second-order valence-corrected chi connectivity index (χ2v) is 8.12. The molecule has 0 bridgehead atoms. The second kappa shape index (κ2) is 7.12. The maximum atomic E-state index is 13.5. The molecular formula is C26H24O2. The van der Waals surface area contributed by atoms with Crippen LogP contribution in [0.5, 0.6) is 5.75 Å². The summed E-state index contributed by atoms with van der Waals surface area (Å²) in [4.78, 5) is 13.5. The Kier molecular flexibility index (Phi) is 4.64. The summed E-state index contributed by atoms with van der Waals surface area (Å²) < 4.78 is 5.96. The molecule has 2 heteroatoms. The van der Waals surface area contributed by atoms with Gasteiger partial charge in [0.15, 0.2) is 5.78 Å². The fourth-order valence-electron chi connectivity index (χ4n) is 3.72. The lowest BCUT2D eigenvalue weighted by molar-refractivity contribution is 0.102. The molecule has 0 saturated heterocycles. The van der Waals surface area contributed by atoms with E-state index in [0.29, 0.717) is 12.0 Å². The highest BCUT2D eigenvalue weighted by molar-refractivity contribution is 6.16. The number of fused-ring (bicyclic) bond motifs is 1. The number of Topliss-reactive ketones (excluding diaryl/α,β-unsaturated/α-hetero) is 1. The van der Waals surface area contributed by atoms with E-state index >= 15 is 0 Å². The highest BCUT2D eigenvalue weighted by Gasteiger charge is 2.27. The van der Waals surface area contributed by atoms with Crippen molar-refractivity contribution in [1.82, 2.24) is 0 Å². The zero-order valence-electron chi connectivity index (χ0n) is 16.5. The number of hydrogen-bond donors (Lipinski definition) is 0. The molecule has 0 amide bonds. The normalized spacial score (nSPS) is 13.4. The molecule has 0 aliphatic heterocycles. The molecule has 0 heterocycles. The molecule has 0 spiro atoms. The van der Waals surface area contributed by atoms with Crippen LogP contribution in [0.15, 0.2) is 84.4 Å². The van der Waals surface area contributed by atoms with Crippen LogP contribution in [-0.4, -0.2) is 11.4 Å². The molecular weight excluding hydrogens is 344 g/mol. The number of hydrogen-bond acceptors (Lipinski definition) is 2. The van der Waals surface area contributed by atoms with Crippen molar-refractivity contribution in [2.75, 3.05) is 0 Å². The lowest BCUT2D eigenvalue weighted by Gasteiger charge is -2.21. The predicted octanol–water partition coefficient (Wildman–Crippen LogP) is 6.10. The summed E-state index contributed by atoms with van der Waals surface area (Å²) in [5.74, 6) is 0.783. The Hall–Kier alpha value is -3.13. The molecule has 28 heavy (non-hydrogen) atoms. The molecule has 3 aromatic rings. The van der Waals surface area contributed by atoms with E-state index in [-0.39, 0.29) is 11.4 Å². The topological polar surface area (TPSA) is 26.3 Å². The first-order chi connectivity index (χ1) is 13.4. The van der Waals surface area contributed by atoms with E-state index in [1.165, 1.54) is 5.56 Å². The summed E-state index contributed by atoms with van der Waals surface area (Å²) in [6.07, 6.45) is 0.656. The maximum Gasteiger partial charge on any atom is 0.190 e. The van der Waals surface area contributed by atoms with E-state index in [1.807, 2.05) is 75.4 Å². The van der Waals surface area contributed by atoms with Crippen molar-refractivity contribution >= 4 is 11.4 Å². The van der Waals surface area contributed by atoms with Gasteiger partial charge in [-0.25, -0.2) is 0 Å². The average molecular weight is 368 g/mol. The largest absolute Gasteiger partial charge is 0.488 e. The van der Waals surface area contributed by atoms with Gasteiger partial charge in [0.05, 0.1) is 0 Å². The zero-order valence-corrected chi connectivity index (χ0v) is 16.5. The van der Waals surface area contributed by atoms with E-state index in [2.05, 4.69) is 24.3 Å². The van der Waals surface area contributed by atoms with E-state index in [1.54, 1.807) is 0 Å². The maximum absolute atomic E-state index is 13.5. The zero-order chi connectivity index (χ0) is 19.7. The van der Waals surface area contributed by atoms with Gasteiger partial charge in [-0.3, -0.25) is 4.79 Å². The number of carbonyl (C=O) groups is 1. The lowest BCUT2D eigenvalue weighted by atomic mass is 9.94. The third kappa shape index (κ3) is 3.63. The highest BCUT2D eigenvalue weighted by Crippen LogP contribution is 2.39. The Morgan fingerprint density at radius 2 is 1.57 bits per heavy atom. The molecule has 0 fully saturated rings. The number of rotatable bonds is 4. The van der Waals surface area contributed by atoms with Crippen LogP contribution in [0.1, 0.15) is 47.8 Å². The molecule has 0 saturated carbocycles. The van der Waals surface area contributed by atoms with Crippen molar-refractivity contribution < 1.29 is 9.53 Å². The fourth-order valence-corrected chi connectivity index (χ4v) is 3.72. The Bertz CT molecular complexity index is 1050. The first kappa shape index (κ1) is 18.2. The van der Waals surface area contributed by atoms with E-state index in [0.717, 1.165) is 28.0 Å². The lowest BCUT2D eigenvalue weighted by Crippen LogP contribution is -2.23. The number of carbonyl (C=O) groups excluding carboxylic acids is 1. The van der Waals surface area contributed by atoms with E-state index < -0.39 is 0 Å². The van der Waals surface area contributed by atoms with Gasteiger partial charge < -0.3 is 4.74 Å². The monoisotopic (exact) mass is 368 g/mol. The third-order valence-electron chi connectivity index (χ3n) is 4.81. The minimum Gasteiger partial charge on any atom is -0.488 e. The standard InChI is InChI=1S/C26H24O2/c1-26(2,3)28-21-14-9-13-20(16-21)25(27)23-17-19-12-7-8-15-22(19)24(23)18-10-5-4-6-11-18/h4-16H,17H2,1-3H3. The molecule has 1 aliphatic carbocycles. The molecule has 1 aliphatic rings. The van der Waals surface area contributed by atoms with E-state index in [9.17, 15) is 4.79 Å². The van der Waals surface area contributed by atoms with Crippen molar-refractivity contribution in [3.8, 4) is 5.75 Å². The number of ether oxygens (including phenoxy) is 1. The quantitative estimate of drug-likeness (QED) is 0.520. The van der Waals surface area contributed by atoms with Crippen molar-refractivity contribution in [3.05, 3.63) is 107 Å². The number of ketones is 1. The molecule has 0 aromatic heterocycles. The number of benzene rings is 3. The van der Waals surface area contributed by atoms with Crippen molar-refractivity contribution in [1.29, 1.82) is 0 Å². The van der Waals surface area contributed by atoms with Crippen molar-refractivity contribution in [3.63, 3.8) is 0 Å². The molecule has 4 rings (SSSR count). The van der Waals surface area contributed by atoms with Crippen LogP contribution in [-0.2, 0) is 6.42 Å². The molecule has 0 radical (unpaired) electrons. The molecule has 0 N–H and O–H groups in total. The minimum atomic E-state index is -0.306. The van der Waals surface area contributed by atoms with Crippen molar-refractivity contribution in [2.45, 2.75) is 32.8 Å². The Balaban J connectivity index is 1.79. The van der Waals surface area contributed by atoms with Crippen molar-refractivity contribution in [2.24, 2.45) is 0 Å². The Morgan fingerprint density at radius 3 is 2.32 bits per heavy atom. The Labute approximate surface area is 166 Å². The van der Waals surface area contributed by atoms with Crippen LogP contribution in [0.2, 0.25) is 0 Å². The van der Waals surface area contributed by atoms with Gasteiger partial charge in [0.2, 0.25) is 0 Å². The predicted molar refractivity (Wildman–Crippen MR) is 114 cm³/mol.